The van der Waals surface area contributed by atoms with Gasteiger partial charge in [0.05, 0.1) is 19.3 Å². The monoisotopic (exact) mass is 949 g/mol. The summed E-state index contributed by atoms with van der Waals surface area (Å²) in [6.07, 6.45) is 2.55. The topological polar surface area (TPSA) is 27.7 Å². The van der Waals surface area contributed by atoms with E-state index in [0.29, 0.717) is 30.8 Å². The molecule has 0 bridgehead atoms. The van der Waals surface area contributed by atoms with Gasteiger partial charge in [-0.15, -0.1) is 0 Å². The summed E-state index contributed by atoms with van der Waals surface area (Å²) in [7, 11) is 4.12. The van der Waals surface area contributed by atoms with Crippen molar-refractivity contribution in [1.29, 1.82) is 0 Å². The second-order valence-corrected chi connectivity index (χ2v) is 22.6. The van der Waals surface area contributed by atoms with Crippen molar-refractivity contribution in [3.05, 3.63) is 29.3 Å². The van der Waals surface area contributed by atoms with E-state index >= 15 is 0 Å². The lowest BCUT2D eigenvalue weighted by molar-refractivity contribution is -0.457. The number of unbranched alkanes of at least 4 members (excludes halogenated alkanes) is 9. The Kier molecular flexibility index (Phi) is 22.0. The van der Waals surface area contributed by atoms with E-state index < -0.39 is 37.2 Å². The lowest BCUT2D eigenvalue weighted by Gasteiger charge is -2.50. The van der Waals surface area contributed by atoms with Gasteiger partial charge in [-0.05, 0) is 141 Å². The van der Waals surface area contributed by atoms with Crippen molar-refractivity contribution in [2.24, 2.45) is 35.0 Å². The number of aryl methyl sites for hydroxylation is 1. The molecule has 2 fully saturated rings. The SMILES string of the molecule is CC(C)CC(CCCCCCSSCCCCCCCCCOc1ccc2c(c1)CCC1C2CCC2(C)C(OCCCOC(C(F)(F)F)(C(F)(F)F)C(F)(F)F)CCC12)CC(C)C. The molecular weight excluding hydrogens is 872 g/mol. The summed E-state index contributed by atoms with van der Waals surface area (Å²) in [5.41, 5.74) is -3.80. The van der Waals surface area contributed by atoms with Gasteiger partial charge in [-0.25, -0.2) is 0 Å². The lowest BCUT2D eigenvalue weighted by Crippen LogP contribution is -2.67. The van der Waals surface area contributed by atoms with Crippen molar-refractivity contribution in [3.8, 4) is 5.75 Å². The second kappa shape index (κ2) is 25.4. The van der Waals surface area contributed by atoms with E-state index in [1.54, 1.807) is 0 Å². The zero-order valence-corrected chi connectivity index (χ0v) is 40.2. The summed E-state index contributed by atoms with van der Waals surface area (Å²) in [6, 6.07) is 6.49. The molecule has 1 aromatic rings. The molecule has 5 atom stereocenters. The zero-order valence-electron chi connectivity index (χ0n) is 38.6. The van der Waals surface area contributed by atoms with Crippen molar-refractivity contribution in [3.63, 3.8) is 0 Å². The van der Waals surface area contributed by atoms with Crippen LogP contribution in [0.25, 0.3) is 0 Å². The summed E-state index contributed by atoms with van der Waals surface area (Å²) < 4.78 is 135. The molecule has 5 unspecified atom stereocenters. The van der Waals surface area contributed by atoms with Crippen molar-refractivity contribution in [1.82, 2.24) is 0 Å². The molecule has 0 N–H and O–H groups in total. The highest BCUT2D eigenvalue weighted by Crippen LogP contribution is 2.62. The van der Waals surface area contributed by atoms with E-state index in [-0.39, 0.29) is 18.1 Å². The first-order valence-corrected chi connectivity index (χ1v) is 26.7. The normalized spacial score (nSPS) is 23.1. The number of halogens is 9. The molecule has 0 aromatic heterocycles. The summed E-state index contributed by atoms with van der Waals surface area (Å²) in [4.78, 5) is 0. The molecule has 0 aliphatic heterocycles. The predicted octanol–water partition coefficient (Wildman–Crippen LogP) is 16.9. The predicted molar refractivity (Wildman–Crippen MR) is 240 cm³/mol. The van der Waals surface area contributed by atoms with Crippen LogP contribution in [0.15, 0.2) is 18.2 Å². The number of benzene rings is 1. The van der Waals surface area contributed by atoms with E-state index in [1.807, 2.05) is 0 Å². The Labute approximate surface area is 381 Å². The molecule has 0 radical (unpaired) electrons. The average Bonchev–Trinajstić information content (AvgIpc) is 3.52. The Bertz CT molecular complexity index is 1410. The third-order valence-electron chi connectivity index (χ3n) is 14.2. The third-order valence-corrected chi connectivity index (χ3v) is 16.7. The van der Waals surface area contributed by atoms with Crippen LogP contribution in [-0.2, 0) is 15.9 Å². The number of alkyl halides is 9. The first-order chi connectivity index (χ1) is 29.7. The standard InChI is InChI=1S/C49H77F9O3S2/c1-35(2)32-37(33-36(3)4)18-13-9-12-16-31-63-62-30-15-11-8-6-7-10-14-27-59-39-20-22-40-38(34-39)19-21-42-41(40)25-26-45(5)43(42)23-24-44(45)60-28-17-29-61-46(47(50,51)52,48(53,54)55)49(56,57)58/h20,22,34-37,41-44H,6-19,21,23-33H2,1-5H3. The number of fused-ring (bicyclic) bond motifs is 5. The summed E-state index contributed by atoms with van der Waals surface area (Å²) in [5.74, 6) is 7.10. The van der Waals surface area contributed by atoms with Crippen molar-refractivity contribution < 1.29 is 53.7 Å². The number of hydrogen-bond acceptors (Lipinski definition) is 5. The van der Waals surface area contributed by atoms with Crippen LogP contribution >= 0.6 is 21.6 Å². The maximum atomic E-state index is 13.2. The van der Waals surface area contributed by atoms with Gasteiger partial charge in [0.1, 0.15) is 5.75 Å². The molecule has 0 spiro atoms. The zero-order chi connectivity index (χ0) is 46.3. The third kappa shape index (κ3) is 15.5. The Balaban J connectivity index is 1.04. The molecule has 63 heavy (non-hydrogen) atoms. The van der Waals surface area contributed by atoms with Crippen LogP contribution in [0.3, 0.4) is 0 Å². The van der Waals surface area contributed by atoms with Crippen LogP contribution in [0.2, 0.25) is 0 Å². The average molecular weight is 949 g/mol. The van der Waals surface area contributed by atoms with Gasteiger partial charge in [0.25, 0.3) is 0 Å². The Morgan fingerprint density at radius 1 is 0.651 bits per heavy atom. The molecule has 0 amide bonds. The molecule has 1 aromatic carbocycles. The van der Waals surface area contributed by atoms with Crippen molar-refractivity contribution >= 4 is 21.6 Å². The van der Waals surface area contributed by atoms with Gasteiger partial charge >= 0.3 is 24.1 Å². The summed E-state index contributed by atoms with van der Waals surface area (Å²) >= 11 is 0. The number of rotatable bonds is 29. The van der Waals surface area contributed by atoms with Crippen LogP contribution in [0, 0.1) is 35.0 Å². The Morgan fingerprint density at radius 3 is 1.81 bits per heavy atom. The van der Waals surface area contributed by atoms with Crippen LogP contribution in [0.5, 0.6) is 5.75 Å². The molecule has 14 heteroatoms. The molecular formula is C49H77F9O3S2. The highest BCUT2D eigenvalue weighted by atomic mass is 33.1. The first-order valence-electron chi connectivity index (χ1n) is 24.2. The maximum absolute atomic E-state index is 13.2. The maximum Gasteiger partial charge on any atom is 0.435 e. The van der Waals surface area contributed by atoms with Gasteiger partial charge in [-0.1, -0.05) is 120 Å². The molecule has 0 saturated heterocycles. The molecule has 366 valence electrons. The molecule has 4 rings (SSSR count). The van der Waals surface area contributed by atoms with Crippen LogP contribution < -0.4 is 4.74 Å². The number of hydrogen-bond donors (Lipinski definition) is 0. The fraction of sp³-hybridized carbons (Fsp3) is 0.878. The van der Waals surface area contributed by atoms with Crippen LogP contribution in [-0.4, -0.2) is 61.6 Å². The molecule has 3 aliphatic rings. The van der Waals surface area contributed by atoms with Gasteiger partial charge in [-0.2, -0.15) is 39.5 Å². The highest BCUT2D eigenvalue weighted by Gasteiger charge is 2.85. The van der Waals surface area contributed by atoms with Crippen LogP contribution in [0.4, 0.5) is 39.5 Å². The first kappa shape index (κ1) is 54.6. The second-order valence-electron chi connectivity index (χ2n) is 19.9. The van der Waals surface area contributed by atoms with Crippen LogP contribution in [0.1, 0.15) is 180 Å². The fourth-order valence-corrected chi connectivity index (χ4v) is 13.5. The quantitative estimate of drug-likeness (QED) is 0.0453. The Hall–Kier alpha value is -0.990. The van der Waals surface area contributed by atoms with Gasteiger partial charge in [0.2, 0.25) is 0 Å². The van der Waals surface area contributed by atoms with E-state index in [2.05, 4.69) is 79.1 Å². The highest BCUT2D eigenvalue weighted by molar-refractivity contribution is 8.76. The minimum atomic E-state index is -6.73. The smallest absolute Gasteiger partial charge is 0.435 e. The molecule has 2 saturated carbocycles. The van der Waals surface area contributed by atoms with E-state index in [4.69, 9.17) is 9.47 Å². The fourth-order valence-electron chi connectivity index (χ4n) is 11.2. The van der Waals surface area contributed by atoms with Gasteiger partial charge in [-0.3, -0.25) is 0 Å². The molecule has 3 aliphatic carbocycles. The van der Waals surface area contributed by atoms with E-state index in [9.17, 15) is 39.5 Å². The van der Waals surface area contributed by atoms with Gasteiger partial charge in [0, 0.05) is 18.1 Å². The minimum Gasteiger partial charge on any atom is -0.494 e. The molecule has 0 heterocycles. The summed E-state index contributed by atoms with van der Waals surface area (Å²) in [5, 5.41) is 0. The summed E-state index contributed by atoms with van der Waals surface area (Å²) in [6.45, 7) is 10.6. The number of ether oxygens (including phenoxy) is 3. The Morgan fingerprint density at radius 2 is 1.22 bits per heavy atom. The van der Waals surface area contributed by atoms with E-state index in [1.165, 1.54) is 106 Å². The lowest BCUT2D eigenvalue weighted by atomic mass is 9.55. The van der Waals surface area contributed by atoms with Crippen molar-refractivity contribution in [2.75, 3.05) is 31.3 Å². The van der Waals surface area contributed by atoms with Gasteiger partial charge < -0.3 is 14.2 Å². The molecule has 3 nitrogen and oxygen atoms in total. The van der Waals surface area contributed by atoms with E-state index in [0.717, 1.165) is 62.0 Å². The van der Waals surface area contributed by atoms with Crippen molar-refractivity contribution in [2.45, 2.75) is 206 Å². The largest absolute Gasteiger partial charge is 0.494 e. The minimum absolute atomic E-state index is 0.238. The van der Waals surface area contributed by atoms with Gasteiger partial charge in [0.15, 0.2) is 0 Å².